The van der Waals surface area contributed by atoms with Gasteiger partial charge in [-0.25, -0.2) is 0 Å². The van der Waals surface area contributed by atoms with E-state index in [0.29, 0.717) is 17.6 Å². The molecule has 15 heavy (non-hydrogen) atoms. The standard InChI is InChI=1S/C14H20O/c1-8(2)14(3)7-11-9-4-5-10(6-9)12(11)13(14)15/h9-12H,1,4-7H2,2-3H3/t9-,10+,11+,12-,14+/m1/s1. The lowest BCUT2D eigenvalue weighted by atomic mass is 9.78. The molecule has 0 aromatic heterocycles. The molecule has 3 saturated carbocycles. The SMILES string of the molecule is C=C(C)[C@]1(C)C[C@H]2[C@@H]3CC[C@@H](C3)[C@H]2C1=O. The van der Waals surface area contributed by atoms with Crippen LogP contribution < -0.4 is 0 Å². The fourth-order valence-corrected chi connectivity index (χ4v) is 4.44. The lowest BCUT2D eigenvalue weighted by Crippen LogP contribution is -2.29. The molecule has 3 fully saturated rings. The van der Waals surface area contributed by atoms with Crippen LogP contribution in [-0.2, 0) is 4.79 Å². The Labute approximate surface area is 91.9 Å². The summed E-state index contributed by atoms with van der Waals surface area (Å²) in [7, 11) is 0. The normalized spacial score (nSPS) is 52.3. The van der Waals surface area contributed by atoms with E-state index in [9.17, 15) is 4.79 Å². The predicted molar refractivity (Wildman–Crippen MR) is 60.4 cm³/mol. The van der Waals surface area contributed by atoms with Gasteiger partial charge < -0.3 is 0 Å². The van der Waals surface area contributed by atoms with Crippen molar-refractivity contribution in [3.8, 4) is 0 Å². The minimum atomic E-state index is -0.184. The molecule has 1 heteroatoms. The third kappa shape index (κ3) is 1.02. The summed E-state index contributed by atoms with van der Waals surface area (Å²) in [6.07, 6.45) is 5.12. The molecule has 82 valence electrons. The molecule has 0 amide bonds. The van der Waals surface area contributed by atoms with Crippen LogP contribution in [0.3, 0.4) is 0 Å². The second-order valence-corrected chi connectivity index (χ2v) is 6.20. The van der Waals surface area contributed by atoms with Crippen molar-refractivity contribution in [1.82, 2.24) is 0 Å². The van der Waals surface area contributed by atoms with E-state index in [4.69, 9.17) is 0 Å². The van der Waals surface area contributed by atoms with Gasteiger partial charge in [-0.1, -0.05) is 12.2 Å². The van der Waals surface area contributed by atoms with Crippen molar-refractivity contribution < 1.29 is 4.79 Å². The van der Waals surface area contributed by atoms with E-state index in [0.717, 1.165) is 23.8 Å². The van der Waals surface area contributed by atoms with E-state index < -0.39 is 0 Å². The van der Waals surface area contributed by atoms with Gasteiger partial charge in [0, 0.05) is 11.3 Å². The average molecular weight is 204 g/mol. The molecule has 0 aromatic rings. The van der Waals surface area contributed by atoms with Crippen LogP contribution in [0, 0.1) is 29.1 Å². The maximum absolute atomic E-state index is 12.5. The summed E-state index contributed by atoms with van der Waals surface area (Å²) in [5, 5.41) is 0. The van der Waals surface area contributed by atoms with Crippen molar-refractivity contribution in [2.45, 2.75) is 39.5 Å². The number of fused-ring (bicyclic) bond motifs is 5. The lowest BCUT2D eigenvalue weighted by Gasteiger charge is -2.24. The molecule has 0 radical (unpaired) electrons. The molecule has 0 N–H and O–H groups in total. The number of Topliss-reactive ketones (excluding diaryl/α,β-unsaturated/α-hetero) is 1. The minimum Gasteiger partial charge on any atom is -0.298 e. The Kier molecular flexibility index (Phi) is 1.76. The van der Waals surface area contributed by atoms with E-state index in [-0.39, 0.29) is 5.41 Å². The summed E-state index contributed by atoms with van der Waals surface area (Å²) < 4.78 is 0. The van der Waals surface area contributed by atoms with Gasteiger partial charge in [0.1, 0.15) is 5.78 Å². The van der Waals surface area contributed by atoms with Crippen molar-refractivity contribution >= 4 is 5.78 Å². The molecule has 0 unspecified atom stereocenters. The molecule has 1 nitrogen and oxygen atoms in total. The van der Waals surface area contributed by atoms with Gasteiger partial charge in [0.25, 0.3) is 0 Å². The molecule has 0 spiro atoms. The summed E-state index contributed by atoms with van der Waals surface area (Å²) in [6.45, 7) is 8.19. The van der Waals surface area contributed by atoms with Gasteiger partial charge in [-0.05, 0) is 57.3 Å². The summed E-state index contributed by atoms with van der Waals surface area (Å²) >= 11 is 0. The summed E-state index contributed by atoms with van der Waals surface area (Å²) in [5.41, 5.74) is 0.901. The predicted octanol–water partition coefficient (Wildman–Crippen LogP) is 3.20. The molecule has 0 aromatic carbocycles. The largest absolute Gasteiger partial charge is 0.298 e. The Balaban J connectivity index is 1.97. The molecule has 2 bridgehead atoms. The highest BCUT2D eigenvalue weighted by Crippen LogP contribution is 2.62. The number of hydrogen-bond acceptors (Lipinski definition) is 1. The van der Waals surface area contributed by atoms with E-state index >= 15 is 0 Å². The Morgan fingerprint density at radius 2 is 2.07 bits per heavy atom. The van der Waals surface area contributed by atoms with Crippen molar-refractivity contribution in [2.24, 2.45) is 29.1 Å². The topological polar surface area (TPSA) is 17.1 Å². The quantitative estimate of drug-likeness (QED) is 0.599. The average Bonchev–Trinajstić information content (AvgIpc) is 2.80. The van der Waals surface area contributed by atoms with Gasteiger partial charge >= 0.3 is 0 Å². The Hall–Kier alpha value is -0.590. The summed E-state index contributed by atoms with van der Waals surface area (Å²) in [6, 6.07) is 0. The van der Waals surface area contributed by atoms with Gasteiger partial charge in [0.15, 0.2) is 0 Å². The fourth-order valence-electron chi connectivity index (χ4n) is 4.44. The summed E-state index contributed by atoms with van der Waals surface area (Å²) in [4.78, 5) is 12.5. The molecule has 0 aliphatic heterocycles. The van der Waals surface area contributed by atoms with Gasteiger partial charge in [-0.2, -0.15) is 0 Å². The van der Waals surface area contributed by atoms with Crippen molar-refractivity contribution in [3.05, 3.63) is 12.2 Å². The zero-order chi connectivity index (χ0) is 10.8. The number of carbonyl (C=O) groups excluding carboxylic acids is 1. The molecular formula is C14H20O. The molecule has 0 heterocycles. The highest BCUT2D eigenvalue weighted by atomic mass is 16.1. The number of rotatable bonds is 1. The van der Waals surface area contributed by atoms with Crippen LogP contribution in [0.1, 0.15) is 39.5 Å². The van der Waals surface area contributed by atoms with E-state index in [1.54, 1.807) is 0 Å². The zero-order valence-corrected chi connectivity index (χ0v) is 9.75. The second-order valence-electron chi connectivity index (χ2n) is 6.20. The van der Waals surface area contributed by atoms with E-state index in [1.165, 1.54) is 19.3 Å². The third-order valence-corrected chi connectivity index (χ3v) is 5.52. The van der Waals surface area contributed by atoms with Gasteiger partial charge in [0.05, 0.1) is 0 Å². The van der Waals surface area contributed by atoms with Crippen LogP contribution in [-0.4, -0.2) is 5.78 Å². The molecule has 0 saturated heterocycles. The minimum absolute atomic E-state index is 0.184. The number of carbonyl (C=O) groups is 1. The van der Waals surface area contributed by atoms with Crippen LogP contribution in [0.25, 0.3) is 0 Å². The van der Waals surface area contributed by atoms with Gasteiger partial charge in [-0.15, -0.1) is 0 Å². The van der Waals surface area contributed by atoms with Crippen LogP contribution >= 0.6 is 0 Å². The van der Waals surface area contributed by atoms with E-state index in [2.05, 4.69) is 13.5 Å². The fraction of sp³-hybridized carbons (Fsp3) is 0.786. The summed E-state index contributed by atoms with van der Waals surface area (Å²) in [5.74, 6) is 3.23. The van der Waals surface area contributed by atoms with Gasteiger partial charge in [-0.3, -0.25) is 4.79 Å². The maximum atomic E-state index is 12.5. The Bertz CT molecular complexity index is 343. The first-order chi connectivity index (χ1) is 7.04. The number of allylic oxidation sites excluding steroid dienone is 1. The highest BCUT2D eigenvalue weighted by molar-refractivity contribution is 5.92. The monoisotopic (exact) mass is 204 g/mol. The first-order valence-corrected chi connectivity index (χ1v) is 6.24. The molecule has 3 aliphatic carbocycles. The molecule has 3 rings (SSSR count). The van der Waals surface area contributed by atoms with Crippen molar-refractivity contribution in [3.63, 3.8) is 0 Å². The first-order valence-electron chi connectivity index (χ1n) is 6.24. The molecule has 3 aliphatic rings. The maximum Gasteiger partial charge on any atom is 0.146 e. The first kappa shape index (κ1) is 9.62. The highest BCUT2D eigenvalue weighted by Gasteiger charge is 2.60. The van der Waals surface area contributed by atoms with Gasteiger partial charge in [0.2, 0.25) is 0 Å². The van der Waals surface area contributed by atoms with Crippen LogP contribution in [0.15, 0.2) is 12.2 Å². The van der Waals surface area contributed by atoms with E-state index in [1.807, 2.05) is 6.92 Å². The second kappa shape index (κ2) is 2.75. The van der Waals surface area contributed by atoms with Crippen molar-refractivity contribution in [1.29, 1.82) is 0 Å². The third-order valence-electron chi connectivity index (χ3n) is 5.52. The zero-order valence-electron chi connectivity index (χ0n) is 9.75. The van der Waals surface area contributed by atoms with Crippen molar-refractivity contribution in [2.75, 3.05) is 0 Å². The molecule has 5 atom stereocenters. The van der Waals surface area contributed by atoms with Crippen LogP contribution in [0.5, 0.6) is 0 Å². The van der Waals surface area contributed by atoms with Crippen LogP contribution in [0.4, 0.5) is 0 Å². The number of hydrogen-bond donors (Lipinski definition) is 0. The lowest BCUT2D eigenvalue weighted by molar-refractivity contribution is -0.128. The Morgan fingerprint density at radius 1 is 1.40 bits per heavy atom. The molecular weight excluding hydrogens is 184 g/mol. The smallest absolute Gasteiger partial charge is 0.146 e. The number of ketones is 1. The van der Waals surface area contributed by atoms with Crippen LogP contribution in [0.2, 0.25) is 0 Å². The Morgan fingerprint density at radius 3 is 2.67 bits per heavy atom.